The molecule has 0 aliphatic carbocycles. The molecule has 0 amide bonds. The lowest BCUT2D eigenvalue weighted by Gasteiger charge is -2.19. The predicted molar refractivity (Wildman–Crippen MR) is 93.4 cm³/mol. The molecule has 2 aromatic rings. The highest BCUT2D eigenvalue weighted by molar-refractivity contribution is 5.73. The van der Waals surface area contributed by atoms with Gasteiger partial charge < -0.3 is 9.47 Å². The maximum Gasteiger partial charge on any atom is 0.416 e. The quantitative estimate of drug-likeness (QED) is 0.500. The first-order valence-electron chi connectivity index (χ1n) is 8.54. The first kappa shape index (κ1) is 21.9. The van der Waals surface area contributed by atoms with Crippen LogP contribution in [0, 0.1) is 0 Å². The molecule has 0 heterocycles. The summed E-state index contributed by atoms with van der Waals surface area (Å²) in [6, 6.07) is 5.86. The van der Waals surface area contributed by atoms with Crippen molar-refractivity contribution in [3.8, 4) is 22.6 Å². The van der Waals surface area contributed by atoms with Gasteiger partial charge in [-0.2, -0.15) is 26.3 Å². The minimum absolute atomic E-state index is 0.0865. The van der Waals surface area contributed by atoms with Crippen LogP contribution in [-0.4, -0.2) is 12.2 Å². The number of rotatable bonds is 5. The monoisotopic (exact) mass is 406 g/mol. The van der Waals surface area contributed by atoms with Crippen LogP contribution in [0.2, 0.25) is 0 Å². The fraction of sp³-hybridized carbons (Fsp3) is 0.400. The van der Waals surface area contributed by atoms with E-state index in [-0.39, 0.29) is 35.2 Å². The number of halogens is 6. The van der Waals surface area contributed by atoms with Crippen LogP contribution in [0.25, 0.3) is 11.1 Å². The second kappa shape index (κ2) is 7.93. The van der Waals surface area contributed by atoms with Crippen molar-refractivity contribution in [3.05, 3.63) is 47.5 Å². The lowest BCUT2D eigenvalue weighted by Crippen LogP contribution is -2.12. The molecule has 28 heavy (non-hydrogen) atoms. The number of alkyl halides is 6. The molecule has 0 N–H and O–H groups in total. The maximum atomic E-state index is 13.2. The van der Waals surface area contributed by atoms with Crippen LogP contribution in [0.3, 0.4) is 0 Å². The van der Waals surface area contributed by atoms with Crippen LogP contribution >= 0.6 is 0 Å². The van der Waals surface area contributed by atoms with Crippen molar-refractivity contribution in [1.29, 1.82) is 0 Å². The Morgan fingerprint density at radius 1 is 0.679 bits per heavy atom. The van der Waals surface area contributed by atoms with Crippen LogP contribution in [-0.2, 0) is 12.4 Å². The Hall–Kier alpha value is -2.38. The van der Waals surface area contributed by atoms with Gasteiger partial charge in [-0.25, -0.2) is 0 Å². The van der Waals surface area contributed by atoms with Gasteiger partial charge in [-0.1, -0.05) is 0 Å². The van der Waals surface area contributed by atoms with Gasteiger partial charge in [0.1, 0.15) is 11.5 Å². The standard InChI is InChI=1S/C20H20F6O2/c1-11(2)27-16-5-6-18(28-12(3)4)17(10-16)13-7-14(19(21,22)23)9-15(8-13)20(24,25)26/h5-12H,1-4H3. The summed E-state index contributed by atoms with van der Waals surface area (Å²) in [4.78, 5) is 0. The zero-order chi connectivity index (χ0) is 21.3. The van der Waals surface area contributed by atoms with Crippen molar-refractivity contribution in [2.24, 2.45) is 0 Å². The molecule has 0 atom stereocenters. The van der Waals surface area contributed by atoms with E-state index < -0.39 is 23.5 Å². The van der Waals surface area contributed by atoms with E-state index in [4.69, 9.17) is 9.47 Å². The Kier molecular flexibility index (Phi) is 6.21. The van der Waals surface area contributed by atoms with Gasteiger partial charge in [-0.15, -0.1) is 0 Å². The highest BCUT2D eigenvalue weighted by Crippen LogP contribution is 2.41. The van der Waals surface area contributed by atoms with Crippen molar-refractivity contribution in [2.75, 3.05) is 0 Å². The van der Waals surface area contributed by atoms with Crippen LogP contribution in [0.5, 0.6) is 11.5 Å². The Labute approximate surface area is 159 Å². The van der Waals surface area contributed by atoms with Gasteiger partial charge in [0.15, 0.2) is 0 Å². The van der Waals surface area contributed by atoms with Gasteiger partial charge in [-0.3, -0.25) is 0 Å². The summed E-state index contributed by atoms with van der Waals surface area (Å²) < 4.78 is 90.3. The topological polar surface area (TPSA) is 18.5 Å². The zero-order valence-corrected chi connectivity index (χ0v) is 15.7. The Morgan fingerprint density at radius 2 is 1.18 bits per heavy atom. The Morgan fingerprint density at radius 3 is 1.61 bits per heavy atom. The van der Waals surface area contributed by atoms with Gasteiger partial charge in [0.25, 0.3) is 0 Å². The smallest absolute Gasteiger partial charge is 0.416 e. The zero-order valence-electron chi connectivity index (χ0n) is 15.7. The lowest BCUT2D eigenvalue weighted by molar-refractivity contribution is -0.143. The summed E-state index contributed by atoms with van der Waals surface area (Å²) in [6.45, 7) is 6.92. The number of hydrogen-bond donors (Lipinski definition) is 0. The van der Waals surface area contributed by atoms with E-state index in [2.05, 4.69) is 0 Å². The molecule has 0 aliphatic rings. The summed E-state index contributed by atoms with van der Waals surface area (Å²) in [6.07, 6.45) is -10.4. The minimum atomic E-state index is -4.93. The SMILES string of the molecule is CC(C)Oc1ccc(OC(C)C)c(-c2cc(C(F)(F)F)cc(C(F)(F)F)c2)c1. The summed E-state index contributed by atoms with van der Waals surface area (Å²) in [5, 5.41) is 0. The molecule has 2 aromatic carbocycles. The molecule has 8 heteroatoms. The highest BCUT2D eigenvalue weighted by Gasteiger charge is 2.37. The van der Waals surface area contributed by atoms with Crippen molar-refractivity contribution in [2.45, 2.75) is 52.3 Å². The van der Waals surface area contributed by atoms with E-state index in [1.807, 2.05) is 0 Å². The van der Waals surface area contributed by atoms with Crippen LogP contribution in [0.15, 0.2) is 36.4 Å². The first-order chi connectivity index (χ1) is 12.8. The van der Waals surface area contributed by atoms with E-state index in [1.165, 1.54) is 12.1 Å². The second-order valence-corrected chi connectivity index (χ2v) is 6.79. The molecule has 0 aliphatic heterocycles. The Balaban J connectivity index is 2.72. The third-order valence-electron chi connectivity index (χ3n) is 3.58. The van der Waals surface area contributed by atoms with Gasteiger partial charge >= 0.3 is 12.4 Å². The molecular formula is C20H20F6O2. The van der Waals surface area contributed by atoms with E-state index in [1.54, 1.807) is 33.8 Å². The number of hydrogen-bond acceptors (Lipinski definition) is 2. The largest absolute Gasteiger partial charge is 0.491 e. The molecule has 0 fully saturated rings. The molecule has 2 nitrogen and oxygen atoms in total. The van der Waals surface area contributed by atoms with Crippen molar-refractivity contribution in [1.82, 2.24) is 0 Å². The summed E-state index contributed by atoms with van der Waals surface area (Å²) in [5.41, 5.74) is -2.94. The van der Waals surface area contributed by atoms with Crippen molar-refractivity contribution in [3.63, 3.8) is 0 Å². The van der Waals surface area contributed by atoms with E-state index >= 15 is 0 Å². The third kappa shape index (κ3) is 5.56. The third-order valence-corrected chi connectivity index (χ3v) is 3.58. The van der Waals surface area contributed by atoms with Gasteiger partial charge in [0.05, 0.1) is 23.3 Å². The first-order valence-corrected chi connectivity index (χ1v) is 8.54. The second-order valence-electron chi connectivity index (χ2n) is 6.79. The molecule has 0 radical (unpaired) electrons. The van der Waals surface area contributed by atoms with Gasteiger partial charge in [0, 0.05) is 5.56 Å². The summed E-state index contributed by atoms with van der Waals surface area (Å²) >= 11 is 0. The molecular weight excluding hydrogens is 386 g/mol. The average molecular weight is 406 g/mol. The molecule has 0 unspecified atom stereocenters. The molecule has 154 valence electrons. The highest BCUT2D eigenvalue weighted by atomic mass is 19.4. The van der Waals surface area contributed by atoms with E-state index in [9.17, 15) is 26.3 Å². The molecule has 0 saturated heterocycles. The Bertz CT molecular complexity index is 790. The predicted octanol–water partition coefficient (Wildman–Crippen LogP) is 6.97. The normalized spacial score (nSPS) is 12.6. The molecule has 0 bridgehead atoms. The summed E-state index contributed by atoms with van der Waals surface area (Å²) in [5.74, 6) is 0.477. The van der Waals surface area contributed by atoms with Crippen LogP contribution in [0.1, 0.15) is 38.8 Å². The number of ether oxygens (including phenoxy) is 2. The lowest BCUT2D eigenvalue weighted by atomic mass is 9.98. The summed E-state index contributed by atoms with van der Waals surface area (Å²) in [7, 11) is 0. The minimum Gasteiger partial charge on any atom is -0.491 e. The average Bonchev–Trinajstić information content (AvgIpc) is 2.53. The molecule has 0 saturated carbocycles. The maximum absolute atomic E-state index is 13.2. The van der Waals surface area contributed by atoms with Gasteiger partial charge in [0.2, 0.25) is 0 Å². The molecule has 2 rings (SSSR count). The van der Waals surface area contributed by atoms with Crippen LogP contribution in [0.4, 0.5) is 26.3 Å². The fourth-order valence-corrected chi connectivity index (χ4v) is 2.55. The molecule has 0 spiro atoms. The van der Waals surface area contributed by atoms with Crippen molar-refractivity contribution < 1.29 is 35.8 Å². The van der Waals surface area contributed by atoms with Gasteiger partial charge in [-0.05, 0) is 69.7 Å². The fourth-order valence-electron chi connectivity index (χ4n) is 2.55. The van der Waals surface area contributed by atoms with E-state index in [0.29, 0.717) is 17.9 Å². The van der Waals surface area contributed by atoms with Crippen LogP contribution < -0.4 is 9.47 Å². The molecule has 0 aromatic heterocycles. The van der Waals surface area contributed by atoms with E-state index in [0.717, 1.165) is 0 Å². The number of benzene rings is 2. The van der Waals surface area contributed by atoms with Crippen molar-refractivity contribution >= 4 is 0 Å².